The average molecular weight is 500 g/mol. The predicted octanol–water partition coefficient (Wildman–Crippen LogP) is 4.14. The first-order chi connectivity index (χ1) is 16.8. The number of piperazine rings is 1. The number of benzene rings is 1. The summed E-state index contributed by atoms with van der Waals surface area (Å²) in [5, 5.41) is 14.3. The summed E-state index contributed by atoms with van der Waals surface area (Å²) in [6, 6.07) is 10.7. The monoisotopic (exact) mass is 499 g/mol. The molecule has 1 aromatic carbocycles. The fraction of sp³-hybridized carbons (Fsp3) is 0.556. The van der Waals surface area contributed by atoms with Crippen LogP contribution in [0.5, 0.6) is 5.75 Å². The van der Waals surface area contributed by atoms with Crippen LogP contribution < -0.4 is 10.2 Å². The van der Waals surface area contributed by atoms with E-state index < -0.39 is 0 Å². The number of halogens is 1. The maximum absolute atomic E-state index is 12.3. The fourth-order valence-corrected chi connectivity index (χ4v) is 5.45. The Balaban J connectivity index is 1.33. The topological polar surface area (TPSA) is 71.9 Å². The zero-order valence-corrected chi connectivity index (χ0v) is 21.8. The van der Waals surface area contributed by atoms with Gasteiger partial charge in [-0.3, -0.25) is 14.6 Å². The molecule has 8 heteroatoms. The number of hydrogen-bond acceptors (Lipinski definition) is 6. The second-order valence-electron chi connectivity index (χ2n) is 10.1. The summed E-state index contributed by atoms with van der Waals surface area (Å²) < 4.78 is 0. The van der Waals surface area contributed by atoms with E-state index in [2.05, 4.69) is 44.1 Å². The molecule has 2 aliphatic heterocycles. The largest absolute Gasteiger partial charge is 0.504 e. The second kappa shape index (κ2) is 11.6. The maximum atomic E-state index is 12.3. The molecule has 1 aromatic heterocycles. The number of amides is 1. The van der Waals surface area contributed by atoms with Gasteiger partial charge in [-0.1, -0.05) is 30.7 Å². The van der Waals surface area contributed by atoms with E-state index in [0.717, 1.165) is 50.7 Å². The van der Waals surface area contributed by atoms with Gasteiger partial charge in [0.05, 0.1) is 5.56 Å². The minimum absolute atomic E-state index is 0.0343. The number of pyridine rings is 1. The van der Waals surface area contributed by atoms with E-state index in [9.17, 15) is 9.90 Å². The molecule has 4 rings (SSSR count). The third-order valence-electron chi connectivity index (χ3n) is 7.17. The van der Waals surface area contributed by atoms with Gasteiger partial charge in [0.1, 0.15) is 0 Å². The summed E-state index contributed by atoms with van der Waals surface area (Å²) in [6.07, 6.45) is 4.97. The van der Waals surface area contributed by atoms with Crippen LogP contribution in [0.25, 0.3) is 0 Å². The fourth-order valence-electron chi connectivity index (χ4n) is 5.32. The van der Waals surface area contributed by atoms with Crippen LogP contribution in [-0.2, 0) is 6.54 Å². The van der Waals surface area contributed by atoms with Gasteiger partial charge in [0.25, 0.3) is 5.91 Å². The van der Waals surface area contributed by atoms with Crippen LogP contribution in [0.15, 0.2) is 36.5 Å². The summed E-state index contributed by atoms with van der Waals surface area (Å²) >= 11 is 6.02. The number of nitrogens with zero attached hydrogens (tertiary/aromatic N) is 4. The van der Waals surface area contributed by atoms with Crippen molar-refractivity contribution >= 4 is 23.3 Å². The Morgan fingerprint density at radius 1 is 1.17 bits per heavy atom. The Morgan fingerprint density at radius 2 is 1.89 bits per heavy atom. The van der Waals surface area contributed by atoms with E-state index in [1.54, 1.807) is 6.20 Å². The van der Waals surface area contributed by atoms with Crippen LogP contribution in [0.4, 0.5) is 5.82 Å². The number of nitrogens with one attached hydrogen (secondary N) is 1. The minimum Gasteiger partial charge on any atom is -0.504 e. The molecule has 2 aliphatic rings. The third-order valence-corrected chi connectivity index (χ3v) is 7.43. The average Bonchev–Trinajstić information content (AvgIpc) is 2.85. The van der Waals surface area contributed by atoms with Gasteiger partial charge in [0, 0.05) is 55.5 Å². The van der Waals surface area contributed by atoms with E-state index in [-0.39, 0.29) is 17.7 Å². The van der Waals surface area contributed by atoms with Crippen LogP contribution in [0.3, 0.4) is 0 Å². The quantitative estimate of drug-likeness (QED) is 0.596. The number of likely N-dealkylation sites (tertiary alicyclic amines) is 1. The summed E-state index contributed by atoms with van der Waals surface area (Å²) in [4.78, 5) is 24.1. The van der Waals surface area contributed by atoms with Gasteiger partial charge in [-0.05, 0) is 70.0 Å². The lowest BCUT2D eigenvalue weighted by molar-refractivity contribution is 0.0609. The summed E-state index contributed by atoms with van der Waals surface area (Å²) in [5.41, 5.74) is 1.70. The van der Waals surface area contributed by atoms with Crippen molar-refractivity contribution in [1.29, 1.82) is 0 Å². The van der Waals surface area contributed by atoms with Gasteiger partial charge in [0.2, 0.25) is 0 Å². The normalized spacial score (nSPS) is 20.4. The zero-order valence-electron chi connectivity index (χ0n) is 21.1. The van der Waals surface area contributed by atoms with Crippen LogP contribution in [0.1, 0.15) is 56.0 Å². The van der Waals surface area contributed by atoms with E-state index >= 15 is 0 Å². The van der Waals surface area contributed by atoms with Crippen molar-refractivity contribution in [3.63, 3.8) is 0 Å². The van der Waals surface area contributed by atoms with Gasteiger partial charge < -0.3 is 15.3 Å². The summed E-state index contributed by atoms with van der Waals surface area (Å²) in [7, 11) is 0. The summed E-state index contributed by atoms with van der Waals surface area (Å²) in [5.74, 6) is 0.426. The van der Waals surface area contributed by atoms with Crippen molar-refractivity contribution < 1.29 is 9.90 Å². The molecule has 2 N–H and O–H groups in total. The van der Waals surface area contributed by atoms with Crippen LogP contribution in [0, 0.1) is 0 Å². The van der Waals surface area contributed by atoms with E-state index in [1.165, 1.54) is 24.5 Å². The molecular weight excluding hydrogens is 462 g/mol. The molecule has 2 saturated heterocycles. The molecule has 0 radical (unpaired) electrons. The second-order valence-corrected chi connectivity index (χ2v) is 10.5. The molecule has 7 nitrogen and oxygen atoms in total. The maximum Gasteiger partial charge on any atom is 0.253 e. The number of carbonyl (C=O) groups excluding carboxylic acids is 1. The highest BCUT2D eigenvalue weighted by Gasteiger charge is 2.34. The number of rotatable bonds is 7. The molecule has 1 amide bonds. The number of hydrogen-bond donors (Lipinski definition) is 2. The highest BCUT2D eigenvalue weighted by atomic mass is 35.5. The lowest BCUT2D eigenvalue weighted by Crippen LogP contribution is -2.58. The molecule has 0 spiro atoms. The van der Waals surface area contributed by atoms with Crippen LogP contribution >= 0.6 is 11.6 Å². The predicted molar refractivity (Wildman–Crippen MR) is 141 cm³/mol. The molecular formula is C27H38ClN5O2. The van der Waals surface area contributed by atoms with Crippen molar-refractivity contribution in [3.05, 3.63) is 52.7 Å². The van der Waals surface area contributed by atoms with Crippen molar-refractivity contribution in [1.82, 2.24) is 20.1 Å². The number of anilines is 1. The summed E-state index contributed by atoms with van der Waals surface area (Å²) in [6.45, 7) is 11.9. The molecule has 35 heavy (non-hydrogen) atoms. The molecule has 3 heterocycles. The smallest absolute Gasteiger partial charge is 0.253 e. The lowest BCUT2D eigenvalue weighted by Gasteiger charge is -2.47. The van der Waals surface area contributed by atoms with Crippen molar-refractivity contribution in [2.24, 2.45) is 0 Å². The Morgan fingerprint density at radius 3 is 2.51 bits per heavy atom. The Bertz CT molecular complexity index is 992. The van der Waals surface area contributed by atoms with Crippen molar-refractivity contribution in [2.45, 2.75) is 64.7 Å². The molecule has 0 bridgehead atoms. The van der Waals surface area contributed by atoms with E-state index in [4.69, 9.17) is 11.6 Å². The van der Waals surface area contributed by atoms with E-state index in [1.807, 2.05) is 26.0 Å². The highest BCUT2D eigenvalue weighted by molar-refractivity contribution is 6.30. The van der Waals surface area contributed by atoms with Gasteiger partial charge in [-0.15, -0.1) is 0 Å². The van der Waals surface area contributed by atoms with Crippen molar-refractivity contribution in [3.8, 4) is 5.75 Å². The number of carbonyl (C=O) groups is 1. The zero-order chi connectivity index (χ0) is 24.9. The molecule has 0 saturated carbocycles. The molecule has 2 aromatic rings. The van der Waals surface area contributed by atoms with Gasteiger partial charge >= 0.3 is 0 Å². The van der Waals surface area contributed by atoms with Gasteiger partial charge in [0.15, 0.2) is 11.6 Å². The van der Waals surface area contributed by atoms with E-state index in [0.29, 0.717) is 23.5 Å². The van der Waals surface area contributed by atoms with Crippen molar-refractivity contribution in [2.75, 3.05) is 37.6 Å². The molecule has 0 aliphatic carbocycles. The SMILES string of the molecule is CCC1CN(c2ncc(C(=O)NC(C)C)cc2O)CCN1C1CCN(Cc2ccc(Cl)cc2)CC1. The Labute approximate surface area is 214 Å². The van der Waals surface area contributed by atoms with Crippen LogP contribution in [-0.4, -0.2) is 76.6 Å². The number of piperidine rings is 1. The molecule has 1 unspecified atom stereocenters. The van der Waals surface area contributed by atoms with Gasteiger partial charge in [-0.2, -0.15) is 0 Å². The first-order valence-corrected chi connectivity index (χ1v) is 13.2. The number of aromatic hydroxyl groups is 1. The van der Waals surface area contributed by atoms with Gasteiger partial charge in [-0.25, -0.2) is 4.98 Å². The first-order valence-electron chi connectivity index (χ1n) is 12.8. The standard InChI is InChI=1S/C27H38ClN5O2/c1-4-23-18-32(26-25(34)15-21(16-29-26)27(35)30-19(2)3)13-14-33(23)24-9-11-31(12-10-24)17-20-5-7-22(28)8-6-20/h5-8,15-16,19,23-24,34H,4,9-14,17-18H2,1-3H3,(H,30,35). The van der Waals surface area contributed by atoms with Crippen LogP contribution in [0.2, 0.25) is 5.02 Å². The third kappa shape index (κ3) is 6.46. The Hall–Kier alpha value is -2.35. The Kier molecular flexibility index (Phi) is 8.52. The molecule has 2 fully saturated rings. The number of aromatic nitrogens is 1. The lowest BCUT2D eigenvalue weighted by atomic mass is 9.97. The highest BCUT2D eigenvalue weighted by Crippen LogP contribution is 2.30. The molecule has 1 atom stereocenters. The molecule has 190 valence electrons. The minimum atomic E-state index is -0.215. The first kappa shape index (κ1) is 25.7.